The Balaban J connectivity index is 2.46. The fourth-order valence-corrected chi connectivity index (χ4v) is 1.92. The monoisotopic (exact) mass is 204 g/mol. The molecular formula is C12H16N2O. The Morgan fingerprint density at radius 2 is 2.27 bits per heavy atom. The number of anilines is 2. The Bertz CT molecular complexity index is 387. The van der Waals surface area contributed by atoms with Gasteiger partial charge >= 0.3 is 0 Å². The number of carbonyl (C=O) groups is 1. The molecule has 1 N–H and O–H groups in total. The van der Waals surface area contributed by atoms with E-state index in [4.69, 9.17) is 0 Å². The fraction of sp³-hybridized carbons (Fsp3) is 0.417. The minimum Gasteiger partial charge on any atom is -0.383 e. The number of carbonyl (C=O) groups excluding carboxylic acids is 1. The quantitative estimate of drug-likeness (QED) is 0.702. The van der Waals surface area contributed by atoms with Crippen LogP contribution in [0.1, 0.15) is 18.9 Å². The Morgan fingerprint density at radius 1 is 1.47 bits per heavy atom. The molecule has 80 valence electrons. The summed E-state index contributed by atoms with van der Waals surface area (Å²) in [6, 6.07) is 6.18. The predicted molar refractivity (Wildman–Crippen MR) is 62.3 cm³/mol. The van der Waals surface area contributed by atoms with Gasteiger partial charge in [-0.2, -0.15) is 0 Å². The number of rotatable bonds is 0. The normalized spacial score (nSPS) is 15.2. The Hall–Kier alpha value is -1.51. The molecule has 0 aliphatic carbocycles. The summed E-state index contributed by atoms with van der Waals surface area (Å²) >= 11 is 0. The van der Waals surface area contributed by atoms with Crippen LogP contribution in [0.2, 0.25) is 0 Å². The van der Waals surface area contributed by atoms with Crippen LogP contribution in [-0.4, -0.2) is 19.0 Å². The zero-order chi connectivity index (χ0) is 10.8. The summed E-state index contributed by atoms with van der Waals surface area (Å²) < 4.78 is 0. The molecule has 1 aliphatic heterocycles. The van der Waals surface area contributed by atoms with Gasteiger partial charge in [-0.15, -0.1) is 0 Å². The van der Waals surface area contributed by atoms with E-state index in [1.165, 1.54) is 5.56 Å². The number of fused-ring (bicyclic) bond motifs is 1. The highest BCUT2D eigenvalue weighted by molar-refractivity contribution is 5.95. The number of amides is 1. The summed E-state index contributed by atoms with van der Waals surface area (Å²) in [5.41, 5.74) is 3.26. The molecule has 3 nitrogen and oxygen atoms in total. The molecule has 0 bridgehead atoms. The SMILES string of the molecule is CC(=O)N1CCCNc2ccc(C)cc21. The van der Waals surface area contributed by atoms with Crippen molar-refractivity contribution in [3.05, 3.63) is 23.8 Å². The van der Waals surface area contributed by atoms with Crippen molar-refractivity contribution in [3.63, 3.8) is 0 Å². The largest absolute Gasteiger partial charge is 0.383 e. The third kappa shape index (κ3) is 1.96. The van der Waals surface area contributed by atoms with Gasteiger partial charge < -0.3 is 10.2 Å². The van der Waals surface area contributed by atoms with Gasteiger partial charge in [0.2, 0.25) is 5.91 Å². The van der Waals surface area contributed by atoms with Gasteiger partial charge in [-0.3, -0.25) is 4.79 Å². The van der Waals surface area contributed by atoms with Crippen molar-refractivity contribution in [2.75, 3.05) is 23.3 Å². The zero-order valence-electron chi connectivity index (χ0n) is 9.21. The summed E-state index contributed by atoms with van der Waals surface area (Å²) in [6.07, 6.45) is 0.993. The molecule has 3 heteroatoms. The highest BCUT2D eigenvalue weighted by Crippen LogP contribution is 2.29. The first-order chi connectivity index (χ1) is 7.18. The summed E-state index contributed by atoms with van der Waals surface area (Å²) in [7, 11) is 0. The van der Waals surface area contributed by atoms with Gasteiger partial charge in [-0.05, 0) is 31.0 Å². The summed E-state index contributed by atoms with van der Waals surface area (Å²) in [5, 5.41) is 3.34. The van der Waals surface area contributed by atoms with Crippen molar-refractivity contribution in [2.24, 2.45) is 0 Å². The molecule has 15 heavy (non-hydrogen) atoms. The second-order valence-electron chi connectivity index (χ2n) is 3.97. The number of hydrogen-bond acceptors (Lipinski definition) is 2. The van der Waals surface area contributed by atoms with Crippen molar-refractivity contribution in [1.82, 2.24) is 0 Å². The summed E-state index contributed by atoms with van der Waals surface area (Å²) in [6.45, 7) is 5.40. The van der Waals surface area contributed by atoms with Gasteiger partial charge in [0.1, 0.15) is 0 Å². The van der Waals surface area contributed by atoms with Crippen LogP contribution in [0.25, 0.3) is 0 Å². The first-order valence-electron chi connectivity index (χ1n) is 5.31. The molecule has 1 aromatic rings. The van der Waals surface area contributed by atoms with Crippen molar-refractivity contribution in [3.8, 4) is 0 Å². The number of hydrogen-bond donors (Lipinski definition) is 1. The Morgan fingerprint density at radius 3 is 3.00 bits per heavy atom. The lowest BCUT2D eigenvalue weighted by atomic mass is 10.1. The summed E-state index contributed by atoms with van der Waals surface area (Å²) in [4.78, 5) is 13.4. The van der Waals surface area contributed by atoms with E-state index in [1.807, 2.05) is 17.9 Å². The maximum atomic E-state index is 11.5. The third-order valence-corrected chi connectivity index (χ3v) is 2.70. The standard InChI is InChI=1S/C12H16N2O/c1-9-4-5-11-12(8-9)14(10(2)15)7-3-6-13-11/h4-5,8,13H,3,6-7H2,1-2H3. The summed E-state index contributed by atoms with van der Waals surface area (Å²) in [5.74, 6) is 0.116. The molecule has 0 radical (unpaired) electrons. The molecule has 1 aliphatic rings. The second kappa shape index (κ2) is 3.93. The number of benzene rings is 1. The predicted octanol–water partition coefficient (Wildman–Crippen LogP) is 2.16. The van der Waals surface area contributed by atoms with Gasteiger partial charge in [-0.25, -0.2) is 0 Å². The molecule has 2 rings (SSSR count). The van der Waals surface area contributed by atoms with Crippen LogP contribution < -0.4 is 10.2 Å². The first-order valence-corrected chi connectivity index (χ1v) is 5.31. The van der Waals surface area contributed by atoms with Gasteiger partial charge in [0.15, 0.2) is 0 Å². The zero-order valence-corrected chi connectivity index (χ0v) is 9.21. The number of nitrogens with zero attached hydrogens (tertiary/aromatic N) is 1. The molecule has 1 heterocycles. The van der Waals surface area contributed by atoms with Crippen molar-refractivity contribution < 1.29 is 4.79 Å². The minimum atomic E-state index is 0.116. The molecule has 0 saturated heterocycles. The molecule has 0 fully saturated rings. The van der Waals surface area contributed by atoms with E-state index in [1.54, 1.807) is 6.92 Å². The second-order valence-corrected chi connectivity index (χ2v) is 3.97. The highest BCUT2D eigenvalue weighted by Gasteiger charge is 2.17. The first kappa shape index (κ1) is 10.0. The molecule has 0 atom stereocenters. The van der Waals surface area contributed by atoms with Crippen LogP contribution in [-0.2, 0) is 4.79 Å². The molecule has 0 saturated carbocycles. The van der Waals surface area contributed by atoms with Gasteiger partial charge in [0.05, 0.1) is 11.4 Å². The molecule has 0 spiro atoms. The van der Waals surface area contributed by atoms with E-state index in [0.29, 0.717) is 0 Å². The maximum Gasteiger partial charge on any atom is 0.223 e. The highest BCUT2D eigenvalue weighted by atomic mass is 16.2. The van der Waals surface area contributed by atoms with E-state index in [2.05, 4.69) is 17.4 Å². The van der Waals surface area contributed by atoms with Gasteiger partial charge in [0, 0.05) is 20.0 Å². The average molecular weight is 204 g/mol. The number of nitrogens with one attached hydrogen (secondary N) is 1. The van der Waals surface area contributed by atoms with Crippen molar-refractivity contribution in [2.45, 2.75) is 20.3 Å². The molecule has 0 aromatic heterocycles. The lowest BCUT2D eigenvalue weighted by Gasteiger charge is -2.21. The van der Waals surface area contributed by atoms with Crippen molar-refractivity contribution >= 4 is 17.3 Å². The topological polar surface area (TPSA) is 32.3 Å². The van der Waals surface area contributed by atoms with E-state index in [0.717, 1.165) is 30.9 Å². The van der Waals surface area contributed by atoms with E-state index in [9.17, 15) is 4.79 Å². The van der Waals surface area contributed by atoms with Crippen LogP contribution >= 0.6 is 0 Å². The fourth-order valence-electron chi connectivity index (χ4n) is 1.92. The Kier molecular flexibility index (Phi) is 2.62. The van der Waals surface area contributed by atoms with Crippen LogP contribution in [0, 0.1) is 6.92 Å². The number of aryl methyl sites for hydroxylation is 1. The minimum absolute atomic E-state index is 0.116. The third-order valence-electron chi connectivity index (χ3n) is 2.70. The Labute approximate surface area is 90.1 Å². The van der Waals surface area contributed by atoms with E-state index in [-0.39, 0.29) is 5.91 Å². The lowest BCUT2D eigenvalue weighted by Crippen LogP contribution is -2.28. The van der Waals surface area contributed by atoms with Crippen LogP contribution in [0.15, 0.2) is 18.2 Å². The van der Waals surface area contributed by atoms with Gasteiger partial charge in [-0.1, -0.05) is 6.07 Å². The average Bonchev–Trinajstić information content (AvgIpc) is 2.39. The van der Waals surface area contributed by atoms with Crippen LogP contribution in [0.5, 0.6) is 0 Å². The molecular weight excluding hydrogens is 188 g/mol. The maximum absolute atomic E-state index is 11.5. The van der Waals surface area contributed by atoms with Crippen molar-refractivity contribution in [1.29, 1.82) is 0 Å². The molecule has 0 unspecified atom stereocenters. The van der Waals surface area contributed by atoms with Gasteiger partial charge in [0.25, 0.3) is 0 Å². The molecule has 1 amide bonds. The van der Waals surface area contributed by atoms with Crippen LogP contribution in [0.4, 0.5) is 11.4 Å². The van der Waals surface area contributed by atoms with E-state index < -0.39 is 0 Å². The molecule has 1 aromatic carbocycles. The lowest BCUT2D eigenvalue weighted by molar-refractivity contribution is -0.116. The van der Waals surface area contributed by atoms with Crippen LogP contribution in [0.3, 0.4) is 0 Å². The van der Waals surface area contributed by atoms with E-state index >= 15 is 0 Å². The smallest absolute Gasteiger partial charge is 0.223 e.